The Labute approximate surface area is 122 Å². The minimum atomic E-state index is -0.947. The second-order valence-electron chi connectivity index (χ2n) is 4.61. The van der Waals surface area contributed by atoms with Crippen LogP contribution in [0.4, 0.5) is 0 Å². The fourth-order valence-corrected chi connectivity index (χ4v) is 1.91. The Morgan fingerprint density at radius 1 is 1.45 bits per heavy atom. The van der Waals surface area contributed by atoms with E-state index >= 15 is 0 Å². The van der Waals surface area contributed by atoms with Crippen molar-refractivity contribution in [2.75, 3.05) is 19.3 Å². The summed E-state index contributed by atoms with van der Waals surface area (Å²) in [6, 6.07) is 5.44. The molecule has 5 heteroatoms. The fourth-order valence-electron chi connectivity index (χ4n) is 1.60. The zero-order valence-corrected chi connectivity index (χ0v) is 12.8. The van der Waals surface area contributed by atoms with Crippen LogP contribution >= 0.6 is 0 Å². The Bertz CT molecular complexity index is 573. The van der Waals surface area contributed by atoms with Crippen molar-refractivity contribution in [3.8, 4) is 11.8 Å². The molecule has 0 spiro atoms. The average Bonchev–Trinajstić information content (AvgIpc) is 2.41. The highest BCUT2D eigenvalue weighted by atomic mass is 32.2. The normalized spacial score (nSPS) is 13.0. The molecule has 3 N–H and O–H groups in total. The number of rotatable bonds is 4. The van der Waals surface area contributed by atoms with Gasteiger partial charge >= 0.3 is 0 Å². The van der Waals surface area contributed by atoms with Crippen LogP contribution in [-0.4, -0.2) is 34.7 Å². The number of carbonyl (C=O) groups is 1. The van der Waals surface area contributed by atoms with E-state index in [1.54, 1.807) is 18.4 Å². The minimum absolute atomic E-state index is 0.0692. The predicted molar refractivity (Wildman–Crippen MR) is 83.0 cm³/mol. The van der Waals surface area contributed by atoms with E-state index in [1.807, 2.05) is 19.9 Å². The number of nitrogens with one attached hydrogen (secondary N) is 1. The van der Waals surface area contributed by atoms with Gasteiger partial charge in [0, 0.05) is 40.0 Å². The van der Waals surface area contributed by atoms with Gasteiger partial charge in [-0.25, -0.2) is 0 Å². The number of carbonyl (C=O) groups excluding carboxylic acids is 1. The van der Waals surface area contributed by atoms with Gasteiger partial charge < -0.3 is 11.1 Å². The van der Waals surface area contributed by atoms with Crippen molar-refractivity contribution in [2.24, 2.45) is 5.73 Å². The highest BCUT2D eigenvalue weighted by Crippen LogP contribution is 2.09. The predicted octanol–water partition coefficient (Wildman–Crippen LogP) is 0.802. The quantitative estimate of drug-likeness (QED) is 0.806. The Morgan fingerprint density at radius 2 is 2.15 bits per heavy atom. The van der Waals surface area contributed by atoms with Crippen LogP contribution in [0.25, 0.3) is 0 Å². The van der Waals surface area contributed by atoms with E-state index in [9.17, 15) is 9.00 Å². The summed E-state index contributed by atoms with van der Waals surface area (Å²) in [6.45, 7) is 4.42. The molecule has 0 aliphatic heterocycles. The maximum absolute atomic E-state index is 12.1. The molecule has 0 heterocycles. The molecule has 0 aliphatic rings. The summed E-state index contributed by atoms with van der Waals surface area (Å²) < 4.78 is 11.2. The van der Waals surface area contributed by atoms with Crippen molar-refractivity contribution in [3.05, 3.63) is 34.9 Å². The summed E-state index contributed by atoms with van der Waals surface area (Å²) in [5.41, 5.74) is 7.63. The molecule has 0 saturated heterocycles. The third-order valence-electron chi connectivity index (χ3n) is 2.79. The van der Waals surface area contributed by atoms with Gasteiger partial charge in [-0.1, -0.05) is 11.8 Å². The standard InChI is InChI=1S/C15H20N2O2S/c1-11-7-13(5-4-6-16)9-14(8-11)15(18)17-10-12(2)20(3)19/h7-9,12H,6,10,16H2,1-3H3,(H,17,18). The lowest BCUT2D eigenvalue weighted by Gasteiger charge is -2.10. The monoisotopic (exact) mass is 292 g/mol. The molecule has 2 unspecified atom stereocenters. The van der Waals surface area contributed by atoms with Gasteiger partial charge in [0.2, 0.25) is 0 Å². The van der Waals surface area contributed by atoms with Crippen molar-refractivity contribution in [2.45, 2.75) is 19.1 Å². The highest BCUT2D eigenvalue weighted by molar-refractivity contribution is 7.84. The molecule has 1 aromatic rings. The van der Waals surface area contributed by atoms with E-state index in [2.05, 4.69) is 17.2 Å². The molecule has 1 aromatic carbocycles. The molecule has 1 rings (SSSR count). The first kappa shape index (κ1) is 16.4. The molecular weight excluding hydrogens is 272 g/mol. The van der Waals surface area contributed by atoms with E-state index in [0.717, 1.165) is 11.1 Å². The summed E-state index contributed by atoms with van der Waals surface area (Å²) in [7, 11) is -0.947. The van der Waals surface area contributed by atoms with Crippen LogP contribution in [0.5, 0.6) is 0 Å². The van der Waals surface area contributed by atoms with E-state index in [4.69, 9.17) is 5.73 Å². The van der Waals surface area contributed by atoms with Gasteiger partial charge in [0.15, 0.2) is 0 Å². The molecule has 0 bridgehead atoms. The molecule has 0 fully saturated rings. The lowest BCUT2D eigenvalue weighted by molar-refractivity contribution is 0.0954. The van der Waals surface area contributed by atoms with Crippen LogP contribution in [0.3, 0.4) is 0 Å². The molecular formula is C15H20N2O2S. The van der Waals surface area contributed by atoms with Crippen molar-refractivity contribution in [1.29, 1.82) is 0 Å². The lowest BCUT2D eigenvalue weighted by atomic mass is 10.1. The third kappa shape index (κ3) is 5.16. The Morgan fingerprint density at radius 3 is 2.75 bits per heavy atom. The molecule has 0 aliphatic carbocycles. The first-order valence-corrected chi connectivity index (χ1v) is 7.97. The van der Waals surface area contributed by atoms with E-state index < -0.39 is 10.8 Å². The molecule has 0 radical (unpaired) electrons. The van der Waals surface area contributed by atoms with Gasteiger partial charge in [-0.15, -0.1) is 0 Å². The van der Waals surface area contributed by atoms with Gasteiger partial charge in [-0.05, 0) is 37.6 Å². The number of amides is 1. The van der Waals surface area contributed by atoms with Gasteiger partial charge in [-0.3, -0.25) is 9.00 Å². The first-order chi connectivity index (χ1) is 9.43. The Kier molecular flexibility index (Phi) is 6.43. The van der Waals surface area contributed by atoms with Crippen molar-refractivity contribution >= 4 is 16.7 Å². The zero-order chi connectivity index (χ0) is 15.1. The van der Waals surface area contributed by atoms with Gasteiger partial charge in [0.05, 0.1) is 6.54 Å². The molecule has 2 atom stereocenters. The molecule has 0 saturated carbocycles. The van der Waals surface area contributed by atoms with Crippen LogP contribution in [-0.2, 0) is 10.8 Å². The number of benzene rings is 1. The highest BCUT2D eigenvalue weighted by Gasteiger charge is 2.11. The van der Waals surface area contributed by atoms with Gasteiger partial charge in [0.25, 0.3) is 5.91 Å². The second-order valence-corrected chi connectivity index (χ2v) is 6.41. The summed E-state index contributed by atoms with van der Waals surface area (Å²) >= 11 is 0. The smallest absolute Gasteiger partial charge is 0.251 e. The first-order valence-electron chi connectivity index (χ1n) is 6.35. The molecule has 20 heavy (non-hydrogen) atoms. The van der Waals surface area contributed by atoms with Crippen LogP contribution < -0.4 is 11.1 Å². The summed E-state index contributed by atoms with van der Waals surface area (Å²) in [5.74, 6) is 5.51. The topological polar surface area (TPSA) is 72.2 Å². The average molecular weight is 292 g/mol. The summed E-state index contributed by atoms with van der Waals surface area (Å²) in [6.07, 6.45) is 1.63. The van der Waals surface area contributed by atoms with E-state index in [0.29, 0.717) is 12.1 Å². The van der Waals surface area contributed by atoms with E-state index in [1.165, 1.54) is 0 Å². The zero-order valence-electron chi connectivity index (χ0n) is 12.0. The van der Waals surface area contributed by atoms with Crippen LogP contribution in [0.15, 0.2) is 18.2 Å². The lowest BCUT2D eigenvalue weighted by Crippen LogP contribution is -2.32. The van der Waals surface area contributed by atoms with Crippen molar-refractivity contribution in [1.82, 2.24) is 5.32 Å². The number of hydrogen-bond acceptors (Lipinski definition) is 3. The maximum Gasteiger partial charge on any atom is 0.251 e. The van der Waals surface area contributed by atoms with Gasteiger partial charge in [-0.2, -0.15) is 0 Å². The number of nitrogens with two attached hydrogens (primary N) is 1. The maximum atomic E-state index is 12.1. The molecule has 4 nitrogen and oxygen atoms in total. The molecule has 1 amide bonds. The molecule has 108 valence electrons. The van der Waals surface area contributed by atoms with Gasteiger partial charge in [0.1, 0.15) is 0 Å². The van der Waals surface area contributed by atoms with Crippen molar-refractivity contribution in [3.63, 3.8) is 0 Å². The second kappa shape index (κ2) is 7.83. The summed E-state index contributed by atoms with van der Waals surface area (Å²) in [4.78, 5) is 12.1. The summed E-state index contributed by atoms with van der Waals surface area (Å²) in [5, 5.41) is 2.72. The Balaban J connectivity index is 2.82. The van der Waals surface area contributed by atoms with Crippen molar-refractivity contribution < 1.29 is 9.00 Å². The SMILES string of the molecule is Cc1cc(C#CCN)cc(C(=O)NCC(C)S(C)=O)c1. The fraction of sp³-hybridized carbons (Fsp3) is 0.400. The number of hydrogen-bond donors (Lipinski definition) is 2. The largest absolute Gasteiger partial charge is 0.351 e. The minimum Gasteiger partial charge on any atom is -0.351 e. The third-order valence-corrected chi connectivity index (χ3v) is 4.09. The van der Waals surface area contributed by atoms with Crippen LogP contribution in [0.2, 0.25) is 0 Å². The molecule has 0 aromatic heterocycles. The Hall–Kier alpha value is -1.64. The van der Waals surface area contributed by atoms with Crippen LogP contribution in [0, 0.1) is 18.8 Å². The van der Waals surface area contributed by atoms with Crippen LogP contribution in [0.1, 0.15) is 28.4 Å². The van der Waals surface area contributed by atoms with E-state index in [-0.39, 0.29) is 17.7 Å². The number of aryl methyl sites for hydroxylation is 1.